The van der Waals surface area contributed by atoms with Crippen molar-refractivity contribution in [2.75, 3.05) is 39.6 Å². The Morgan fingerprint density at radius 3 is 1.59 bits per heavy atom. The fourth-order valence-electron chi connectivity index (χ4n) is 6.16. The number of hydrogen-bond donors (Lipinski definition) is 0. The Balaban J connectivity index is 1.23. The Hall–Kier alpha value is -3.06. The first-order chi connectivity index (χ1) is 21.4. The van der Waals surface area contributed by atoms with Gasteiger partial charge < -0.3 is 28.4 Å². The van der Waals surface area contributed by atoms with Crippen molar-refractivity contribution in [2.24, 2.45) is 0 Å². The summed E-state index contributed by atoms with van der Waals surface area (Å²) in [4.78, 5) is 0. The molecule has 3 fully saturated rings. The van der Waals surface area contributed by atoms with Crippen molar-refractivity contribution >= 4 is 0 Å². The van der Waals surface area contributed by atoms with E-state index in [0.717, 1.165) is 92.3 Å². The van der Waals surface area contributed by atoms with Crippen molar-refractivity contribution < 1.29 is 28.4 Å². The van der Waals surface area contributed by atoms with E-state index in [0.29, 0.717) is 38.1 Å². The number of benzene rings is 3. The SMILES string of the molecule is Cc1cc(C(C)(c2ccc(OCCCC3CO3)cc2)c2cc(C)c(OCCCC3CO3)c(C)c2)ccc1OCCCC1CO1. The molecule has 3 aliphatic rings. The largest absolute Gasteiger partial charge is 0.494 e. The summed E-state index contributed by atoms with van der Waals surface area (Å²) in [6.45, 7) is 13.6. The molecule has 0 spiro atoms. The van der Waals surface area contributed by atoms with Gasteiger partial charge in [0.1, 0.15) is 17.2 Å². The summed E-state index contributed by atoms with van der Waals surface area (Å²) in [5.74, 6) is 2.84. The van der Waals surface area contributed by atoms with Crippen LogP contribution in [-0.2, 0) is 19.6 Å². The van der Waals surface area contributed by atoms with Gasteiger partial charge in [-0.3, -0.25) is 0 Å². The van der Waals surface area contributed by atoms with Crippen molar-refractivity contribution in [2.45, 2.75) is 89.9 Å². The van der Waals surface area contributed by atoms with Crippen LogP contribution in [-0.4, -0.2) is 58.0 Å². The van der Waals surface area contributed by atoms with E-state index in [4.69, 9.17) is 28.4 Å². The summed E-state index contributed by atoms with van der Waals surface area (Å²) < 4.78 is 34.6. The van der Waals surface area contributed by atoms with Crippen LogP contribution in [0.15, 0.2) is 54.6 Å². The maximum Gasteiger partial charge on any atom is 0.125 e. The zero-order valence-electron chi connectivity index (χ0n) is 26.9. The molecule has 0 aromatic heterocycles. The number of ether oxygens (including phenoxy) is 6. The van der Waals surface area contributed by atoms with E-state index in [1.165, 1.54) is 16.7 Å². The van der Waals surface area contributed by atoms with Crippen LogP contribution in [0.4, 0.5) is 0 Å². The van der Waals surface area contributed by atoms with E-state index in [1.807, 2.05) is 0 Å². The van der Waals surface area contributed by atoms with Crippen LogP contribution in [0.2, 0.25) is 0 Å². The van der Waals surface area contributed by atoms with Crippen molar-refractivity contribution in [1.82, 2.24) is 0 Å². The third kappa shape index (κ3) is 7.96. The molecule has 44 heavy (non-hydrogen) atoms. The molecule has 6 rings (SSSR count). The van der Waals surface area contributed by atoms with Crippen LogP contribution in [0.25, 0.3) is 0 Å². The molecule has 236 valence electrons. The molecule has 0 bridgehead atoms. The average Bonchev–Trinajstić information content (AvgIpc) is 3.85. The molecule has 0 radical (unpaired) electrons. The van der Waals surface area contributed by atoms with Gasteiger partial charge in [0.15, 0.2) is 0 Å². The Morgan fingerprint density at radius 2 is 1.07 bits per heavy atom. The number of hydrogen-bond acceptors (Lipinski definition) is 6. The first-order valence-electron chi connectivity index (χ1n) is 16.5. The van der Waals surface area contributed by atoms with E-state index in [9.17, 15) is 0 Å². The molecular weight excluding hydrogens is 552 g/mol. The minimum atomic E-state index is -0.397. The van der Waals surface area contributed by atoms with Crippen LogP contribution in [0, 0.1) is 20.8 Å². The van der Waals surface area contributed by atoms with Crippen molar-refractivity contribution in [3.63, 3.8) is 0 Å². The topological polar surface area (TPSA) is 65.3 Å². The van der Waals surface area contributed by atoms with Crippen molar-refractivity contribution in [1.29, 1.82) is 0 Å². The van der Waals surface area contributed by atoms with E-state index in [1.54, 1.807) is 0 Å². The lowest BCUT2D eigenvalue weighted by Gasteiger charge is -2.33. The van der Waals surface area contributed by atoms with Crippen LogP contribution in [0.5, 0.6) is 17.2 Å². The normalized spacial score (nSPS) is 21.4. The Bertz CT molecular complexity index is 1370. The van der Waals surface area contributed by atoms with Gasteiger partial charge in [0, 0.05) is 5.41 Å². The molecule has 6 nitrogen and oxygen atoms in total. The molecule has 0 amide bonds. The third-order valence-electron chi connectivity index (χ3n) is 9.21. The maximum atomic E-state index is 6.30. The molecule has 3 heterocycles. The van der Waals surface area contributed by atoms with Crippen molar-refractivity contribution in [3.8, 4) is 17.2 Å². The summed E-state index contributed by atoms with van der Waals surface area (Å²) in [6, 6.07) is 19.9. The Labute approximate surface area is 263 Å². The highest BCUT2D eigenvalue weighted by Gasteiger charge is 2.33. The fraction of sp³-hybridized carbons (Fsp3) is 0.526. The van der Waals surface area contributed by atoms with Gasteiger partial charge in [-0.15, -0.1) is 0 Å². The lowest BCUT2D eigenvalue weighted by atomic mass is 9.70. The second-order valence-corrected chi connectivity index (χ2v) is 12.9. The highest BCUT2D eigenvalue weighted by molar-refractivity contribution is 5.56. The van der Waals surface area contributed by atoms with E-state index < -0.39 is 5.41 Å². The minimum Gasteiger partial charge on any atom is -0.494 e. The average molecular weight is 601 g/mol. The standard InChI is InChI=1S/C38H48O6/c1-26-20-30(13-16-36(26)40-18-6-9-34-24-43-34)38(4,29-11-14-32(15-12-29)39-17-5-8-33-23-42-33)31-21-27(2)37(28(3)22-31)41-19-7-10-35-25-44-35/h11-16,20-22,33-35H,5-10,17-19,23-25H2,1-4H3. The van der Waals surface area contributed by atoms with E-state index in [2.05, 4.69) is 82.3 Å². The molecular formula is C38H48O6. The fourth-order valence-corrected chi connectivity index (χ4v) is 6.16. The van der Waals surface area contributed by atoms with Gasteiger partial charge >= 0.3 is 0 Å². The molecule has 4 atom stereocenters. The smallest absolute Gasteiger partial charge is 0.125 e. The van der Waals surface area contributed by atoms with Gasteiger partial charge in [0.05, 0.1) is 58.0 Å². The number of epoxide rings is 3. The maximum absolute atomic E-state index is 6.30. The second-order valence-electron chi connectivity index (χ2n) is 12.9. The van der Waals surface area contributed by atoms with Crippen molar-refractivity contribution in [3.05, 3.63) is 88.0 Å². The summed E-state index contributed by atoms with van der Waals surface area (Å²) in [6.07, 6.45) is 7.55. The van der Waals surface area contributed by atoms with Crippen LogP contribution in [0.1, 0.15) is 78.8 Å². The zero-order chi connectivity index (χ0) is 30.5. The zero-order valence-corrected chi connectivity index (χ0v) is 26.9. The first kappa shape index (κ1) is 30.9. The third-order valence-corrected chi connectivity index (χ3v) is 9.21. The summed E-state index contributed by atoms with van der Waals surface area (Å²) >= 11 is 0. The van der Waals surface area contributed by atoms with Crippen LogP contribution in [0.3, 0.4) is 0 Å². The molecule has 0 saturated carbocycles. The van der Waals surface area contributed by atoms with Crippen LogP contribution < -0.4 is 14.2 Å². The quantitative estimate of drug-likeness (QED) is 0.0850. The van der Waals surface area contributed by atoms with Gasteiger partial charge in [-0.1, -0.05) is 36.4 Å². The summed E-state index contributed by atoms with van der Waals surface area (Å²) in [5.41, 5.74) is 6.74. The lowest BCUT2D eigenvalue weighted by molar-refractivity contribution is 0.290. The number of rotatable bonds is 18. The summed E-state index contributed by atoms with van der Waals surface area (Å²) in [5, 5.41) is 0. The van der Waals surface area contributed by atoms with Gasteiger partial charge in [0.25, 0.3) is 0 Å². The highest BCUT2D eigenvalue weighted by Crippen LogP contribution is 2.43. The van der Waals surface area contributed by atoms with Gasteiger partial charge in [-0.05, 0) is 118 Å². The predicted octanol–water partition coefficient (Wildman–Crippen LogP) is 7.64. The highest BCUT2D eigenvalue weighted by atomic mass is 16.6. The molecule has 6 heteroatoms. The number of aryl methyl sites for hydroxylation is 3. The monoisotopic (exact) mass is 600 g/mol. The molecule has 3 aromatic rings. The molecule has 0 N–H and O–H groups in total. The summed E-state index contributed by atoms with van der Waals surface area (Å²) in [7, 11) is 0. The minimum absolute atomic E-state index is 0.397. The van der Waals surface area contributed by atoms with Gasteiger partial charge in [-0.25, -0.2) is 0 Å². The lowest BCUT2D eigenvalue weighted by Crippen LogP contribution is -2.26. The predicted molar refractivity (Wildman–Crippen MR) is 172 cm³/mol. The van der Waals surface area contributed by atoms with Crippen LogP contribution >= 0.6 is 0 Å². The Kier molecular flexibility index (Phi) is 9.80. The molecule has 4 unspecified atom stereocenters. The van der Waals surface area contributed by atoms with Gasteiger partial charge in [0.2, 0.25) is 0 Å². The van der Waals surface area contributed by atoms with E-state index >= 15 is 0 Å². The molecule has 0 aliphatic carbocycles. The molecule has 3 saturated heterocycles. The van der Waals surface area contributed by atoms with Gasteiger partial charge in [-0.2, -0.15) is 0 Å². The van der Waals surface area contributed by atoms with E-state index in [-0.39, 0.29) is 0 Å². The Morgan fingerprint density at radius 1 is 0.591 bits per heavy atom. The first-order valence-corrected chi connectivity index (χ1v) is 16.5. The second kappa shape index (κ2) is 13.9. The molecule has 3 aliphatic heterocycles. The molecule has 3 aromatic carbocycles.